The van der Waals surface area contributed by atoms with Gasteiger partial charge in [0.05, 0.1) is 5.88 Å². The number of hydrogen-bond donors (Lipinski definition) is 1. The summed E-state index contributed by atoms with van der Waals surface area (Å²) in [6, 6.07) is 14.2. The zero-order valence-electron chi connectivity index (χ0n) is 10.2. The fourth-order valence-corrected chi connectivity index (χ4v) is 1.78. The molecule has 0 saturated carbocycles. The van der Waals surface area contributed by atoms with Crippen molar-refractivity contribution in [2.45, 2.75) is 0 Å². The molecular formula is C16H12ClNO. The van der Waals surface area contributed by atoms with Crippen LogP contribution in [-0.2, 0) is 0 Å². The Morgan fingerprint density at radius 2 is 1.89 bits per heavy atom. The molecule has 2 N–H and O–H groups in total. The maximum absolute atomic E-state index is 12.3. The maximum atomic E-state index is 12.3. The van der Waals surface area contributed by atoms with Crippen molar-refractivity contribution in [3.05, 3.63) is 65.2 Å². The summed E-state index contributed by atoms with van der Waals surface area (Å²) in [4.78, 5) is 12.3. The van der Waals surface area contributed by atoms with Gasteiger partial charge < -0.3 is 5.73 Å². The van der Waals surface area contributed by atoms with Crippen LogP contribution in [0.25, 0.3) is 0 Å². The van der Waals surface area contributed by atoms with E-state index >= 15 is 0 Å². The Bertz CT molecular complexity index is 653. The first kappa shape index (κ1) is 13.2. The van der Waals surface area contributed by atoms with Crippen molar-refractivity contribution in [1.29, 1.82) is 0 Å². The molecule has 0 aliphatic heterocycles. The second-order valence-electron chi connectivity index (χ2n) is 3.93. The van der Waals surface area contributed by atoms with E-state index in [1.54, 1.807) is 30.3 Å². The first-order valence-electron chi connectivity index (χ1n) is 5.76. The monoisotopic (exact) mass is 269 g/mol. The van der Waals surface area contributed by atoms with Gasteiger partial charge in [-0.3, -0.25) is 4.79 Å². The summed E-state index contributed by atoms with van der Waals surface area (Å²) in [6.45, 7) is 0. The lowest BCUT2D eigenvalue weighted by Crippen LogP contribution is -2.05. The predicted octanol–water partition coefficient (Wildman–Crippen LogP) is 3.09. The van der Waals surface area contributed by atoms with Gasteiger partial charge in [0, 0.05) is 22.4 Å². The van der Waals surface area contributed by atoms with Gasteiger partial charge in [-0.2, -0.15) is 0 Å². The van der Waals surface area contributed by atoms with Crippen LogP contribution in [0.15, 0.2) is 48.5 Å². The van der Waals surface area contributed by atoms with E-state index in [9.17, 15) is 4.79 Å². The molecule has 0 amide bonds. The molecule has 0 atom stereocenters. The lowest BCUT2D eigenvalue weighted by atomic mass is 10.00. The second-order valence-corrected chi connectivity index (χ2v) is 4.20. The Labute approximate surface area is 117 Å². The van der Waals surface area contributed by atoms with Crippen LogP contribution in [0.3, 0.4) is 0 Å². The van der Waals surface area contributed by atoms with Crippen LogP contribution in [0.4, 0.5) is 5.69 Å². The molecule has 2 rings (SSSR count). The third kappa shape index (κ3) is 3.15. The van der Waals surface area contributed by atoms with Crippen molar-refractivity contribution < 1.29 is 4.79 Å². The molecule has 0 bridgehead atoms. The van der Waals surface area contributed by atoms with Gasteiger partial charge >= 0.3 is 0 Å². The van der Waals surface area contributed by atoms with E-state index in [1.807, 2.05) is 18.2 Å². The summed E-state index contributed by atoms with van der Waals surface area (Å²) in [6.07, 6.45) is 0. The minimum Gasteiger partial charge on any atom is -0.398 e. The zero-order chi connectivity index (χ0) is 13.7. The Morgan fingerprint density at radius 1 is 1.16 bits per heavy atom. The van der Waals surface area contributed by atoms with E-state index in [1.165, 1.54) is 0 Å². The summed E-state index contributed by atoms with van der Waals surface area (Å²) in [5.41, 5.74) is 8.11. The molecule has 3 heteroatoms. The Morgan fingerprint density at radius 3 is 2.58 bits per heavy atom. The van der Waals surface area contributed by atoms with Gasteiger partial charge in [0.2, 0.25) is 0 Å². The van der Waals surface area contributed by atoms with Crippen LogP contribution in [0.5, 0.6) is 0 Å². The molecule has 0 saturated heterocycles. The fourth-order valence-electron chi connectivity index (χ4n) is 1.71. The predicted molar refractivity (Wildman–Crippen MR) is 78.3 cm³/mol. The molecule has 2 aromatic rings. The molecular weight excluding hydrogens is 258 g/mol. The molecule has 0 fully saturated rings. The van der Waals surface area contributed by atoms with E-state index < -0.39 is 0 Å². The highest BCUT2D eigenvalue weighted by molar-refractivity contribution is 6.19. The van der Waals surface area contributed by atoms with Crippen LogP contribution < -0.4 is 5.73 Å². The van der Waals surface area contributed by atoms with Crippen LogP contribution in [0.2, 0.25) is 0 Å². The molecule has 0 unspecified atom stereocenters. The highest BCUT2D eigenvalue weighted by atomic mass is 35.5. The van der Waals surface area contributed by atoms with Crippen LogP contribution in [0.1, 0.15) is 21.5 Å². The van der Waals surface area contributed by atoms with Gasteiger partial charge in [0.25, 0.3) is 0 Å². The molecule has 0 aliphatic carbocycles. The van der Waals surface area contributed by atoms with Crippen molar-refractivity contribution in [3.8, 4) is 11.8 Å². The number of carbonyl (C=O) groups excluding carboxylic acids is 1. The molecule has 0 spiro atoms. The summed E-state index contributed by atoms with van der Waals surface area (Å²) in [7, 11) is 0. The van der Waals surface area contributed by atoms with Gasteiger partial charge in [0.15, 0.2) is 5.78 Å². The smallest absolute Gasteiger partial charge is 0.195 e. The minimum atomic E-state index is -0.104. The third-order valence-electron chi connectivity index (χ3n) is 2.63. The minimum absolute atomic E-state index is 0.104. The van der Waals surface area contributed by atoms with Crippen molar-refractivity contribution in [2.24, 2.45) is 0 Å². The average molecular weight is 270 g/mol. The maximum Gasteiger partial charge on any atom is 0.195 e. The van der Waals surface area contributed by atoms with Crippen molar-refractivity contribution in [1.82, 2.24) is 0 Å². The lowest BCUT2D eigenvalue weighted by molar-refractivity contribution is 0.103. The highest BCUT2D eigenvalue weighted by Crippen LogP contribution is 2.18. The number of ketones is 1. The number of benzene rings is 2. The quantitative estimate of drug-likeness (QED) is 0.394. The van der Waals surface area contributed by atoms with Gasteiger partial charge in [-0.15, -0.1) is 11.6 Å². The normalized spacial score (nSPS) is 9.53. The Kier molecular flexibility index (Phi) is 4.22. The lowest BCUT2D eigenvalue weighted by Gasteiger charge is -2.05. The van der Waals surface area contributed by atoms with Crippen molar-refractivity contribution in [2.75, 3.05) is 11.6 Å². The largest absolute Gasteiger partial charge is 0.398 e. The van der Waals surface area contributed by atoms with Crippen LogP contribution in [0, 0.1) is 11.8 Å². The zero-order valence-corrected chi connectivity index (χ0v) is 10.9. The summed E-state index contributed by atoms with van der Waals surface area (Å²) >= 11 is 5.52. The van der Waals surface area contributed by atoms with Crippen molar-refractivity contribution in [3.63, 3.8) is 0 Å². The van der Waals surface area contributed by atoms with Crippen LogP contribution in [-0.4, -0.2) is 11.7 Å². The SMILES string of the molecule is Nc1ccc(C#CCCl)cc1C(=O)c1ccccc1. The first-order chi connectivity index (χ1) is 9.22. The van der Waals surface area contributed by atoms with Gasteiger partial charge in [0.1, 0.15) is 0 Å². The highest BCUT2D eigenvalue weighted by Gasteiger charge is 2.12. The number of rotatable bonds is 2. The van der Waals surface area contributed by atoms with E-state index in [-0.39, 0.29) is 11.7 Å². The van der Waals surface area contributed by atoms with Gasteiger partial charge in [-0.1, -0.05) is 42.2 Å². The molecule has 0 aliphatic rings. The molecule has 0 radical (unpaired) electrons. The Balaban J connectivity index is 2.41. The number of nitrogens with two attached hydrogens (primary N) is 1. The average Bonchev–Trinajstić information content (AvgIpc) is 2.46. The molecule has 19 heavy (non-hydrogen) atoms. The molecule has 0 heterocycles. The number of hydrogen-bond acceptors (Lipinski definition) is 2. The topological polar surface area (TPSA) is 43.1 Å². The number of nitrogen functional groups attached to an aromatic ring is 1. The molecule has 94 valence electrons. The first-order valence-corrected chi connectivity index (χ1v) is 6.30. The van der Waals surface area contributed by atoms with E-state index in [4.69, 9.17) is 17.3 Å². The summed E-state index contributed by atoms with van der Waals surface area (Å²) in [5.74, 6) is 5.78. The fraction of sp³-hybridized carbons (Fsp3) is 0.0625. The summed E-state index contributed by atoms with van der Waals surface area (Å²) in [5, 5.41) is 0. The third-order valence-corrected chi connectivity index (χ3v) is 2.77. The standard InChI is InChI=1S/C16H12ClNO/c17-10-4-5-12-8-9-15(18)14(11-12)16(19)13-6-2-1-3-7-13/h1-3,6-9,11H,10,18H2. The number of alkyl halides is 1. The van der Waals surface area contributed by atoms with E-state index in [0.29, 0.717) is 16.8 Å². The molecule has 2 nitrogen and oxygen atoms in total. The van der Waals surface area contributed by atoms with E-state index in [0.717, 1.165) is 5.56 Å². The number of anilines is 1. The Hall–Kier alpha value is -2.24. The van der Waals surface area contributed by atoms with Gasteiger partial charge in [-0.25, -0.2) is 0 Å². The van der Waals surface area contributed by atoms with E-state index in [2.05, 4.69) is 11.8 Å². The van der Waals surface area contributed by atoms with Crippen LogP contribution >= 0.6 is 11.6 Å². The summed E-state index contributed by atoms with van der Waals surface area (Å²) < 4.78 is 0. The molecule has 0 aromatic heterocycles. The van der Waals surface area contributed by atoms with Gasteiger partial charge in [-0.05, 0) is 18.2 Å². The molecule has 2 aromatic carbocycles. The second kappa shape index (κ2) is 6.08. The van der Waals surface area contributed by atoms with Crippen molar-refractivity contribution >= 4 is 23.1 Å². The number of halogens is 1. The number of carbonyl (C=O) groups is 1.